The van der Waals surface area contributed by atoms with E-state index in [1.54, 1.807) is 7.05 Å². The largest absolute Gasteiger partial charge is 0.478 e. The summed E-state index contributed by atoms with van der Waals surface area (Å²) < 4.78 is 2.72. The van der Waals surface area contributed by atoms with E-state index in [1.165, 1.54) is 21.8 Å². The van der Waals surface area contributed by atoms with Gasteiger partial charge in [-0.3, -0.25) is 14.5 Å². The van der Waals surface area contributed by atoms with Gasteiger partial charge >= 0.3 is 5.97 Å². The minimum Gasteiger partial charge on any atom is -0.478 e. The summed E-state index contributed by atoms with van der Waals surface area (Å²) in [4.78, 5) is 30.6. The van der Waals surface area contributed by atoms with Gasteiger partial charge in [0.2, 0.25) is 5.95 Å². The number of rotatable bonds is 4. The maximum absolute atomic E-state index is 12.5. The van der Waals surface area contributed by atoms with Crippen molar-refractivity contribution in [1.82, 2.24) is 29.5 Å². The number of carbonyl (C=O) groups is 1. The van der Waals surface area contributed by atoms with Crippen molar-refractivity contribution in [3.63, 3.8) is 0 Å². The maximum atomic E-state index is 12.5. The number of H-pyrrole nitrogens is 1. The summed E-state index contributed by atoms with van der Waals surface area (Å²) in [5.74, 6) is -0.969. The number of carboxylic acids is 1. The Bertz CT molecular complexity index is 1170. The van der Waals surface area contributed by atoms with E-state index in [9.17, 15) is 9.59 Å². The van der Waals surface area contributed by atoms with Crippen LogP contribution in [0, 0.1) is 0 Å². The molecule has 9 nitrogen and oxygen atoms in total. The highest BCUT2D eigenvalue weighted by molar-refractivity contribution is 5.87. The number of hydrogen-bond donors (Lipinski definition) is 2. The lowest BCUT2D eigenvalue weighted by molar-refractivity contribution is 0.0697. The molecule has 0 spiro atoms. The Morgan fingerprint density at radius 3 is 2.73 bits per heavy atom. The summed E-state index contributed by atoms with van der Waals surface area (Å²) in [6.07, 6.45) is 3.01. The fourth-order valence-electron chi connectivity index (χ4n) is 2.80. The van der Waals surface area contributed by atoms with E-state index in [1.807, 2.05) is 30.3 Å². The highest BCUT2D eigenvalue weighted by Crippen LogP contribution is 2.17. The molecule has 0 unspecified atom stereocenters. The van der Waals surface area contributed by atoms with Crippen molar-refractivity contribution >= 4 is 17.0 Å². The minimum absolute atomic E-state index is 0.00319. The molecule has 130 valence electrons. The van der Waals surface area contributed by atoms with Gasteiger partial charge in [-0.15, -0.1) is 0 Å². The zero-order chi connectivity index (χ0) is 18.3. The van der Waals surface area contributed by atoms with Gasteiger partial charge in [-0.2, -0.15) is 10.2 Å². The molecule has 3 aromatic heterocycles. The lowest BCUT2D eigenvalue weighted by Crippen LogP contribution is -2.15. The number of aromatic nitrogens is 6. The summed E-state index contributed by atoms with van der Waals surface area (Å²) in [6.45, 7) is 0. The van der Waals surface area contributed by atoms with Crippen LogP contribution in [0.25, 0.3) is 17.0 Å². The Hall–Kier alpha value is -3.75. The monoisotopic (exact) mass is 350 g/mol. The number of carboxylic acid groups (broad SMARTS) is 1. The first-order chi connectivity index (χ1) is 12.5. The Labute approximate surface area is 146 Å². The van der Waals surface area contributed by atoms with Gasteiger partial charge in [0.15, 0.2) is 5.52 Å². The SMILES string of the molecule is Cn1nc(Cc2ccccc2)c2nc(-n3cc(C(=O)O)cn3)[nH]c(=O)c21. The quantitative estimate of drug-likeness (QED) is 0.569. The number of aryl methyl sites for hydroxylation is 1. The van der Waals surface area contributed by atoms with Crippen molar-refractivity contribution in [1.29, 1.82) is 0 Å². The Kier molecular flexibility index (Phi) is 3.61. The Morgan fingerprint density at radius 2 is 2.04 bits per heavy atom. The third-order valence-corrected chi connectivity index (χ3v) is 4.01. The predicted molar refractivity (Wildman–Crippen MR) is 92.5 cm³/mol. The van der Waals surface area contributed by atoms with Gasteiger partial charge in [-0.25, -0.2) is 14.5 Å². The molecule has 0 amide bonds. The van der Waals surface area contributed by atoms with Crippen molar-refractivity contribution < 1.29 is 9.90 Å². The van der Waals surface area contributed by atoms with Gasteiger partial charge in [0.25, 0.3) is 5.56 Å². The van der Waals surface area contributed by atoms with E-state index in [4.69, 9.17) is 5.11 Å². The molecule has 0 radical (unpaired) electrons. The van der Waals surface area contributed by atoms with Crippen molar-refractivity contribution in [2.24, 2.45) is 7.05 Å². The summed E-state index contributed by atoms with van der Waals surface area (Å²) in [6, 6.07) is 9.74. The molecule has 0 saturated carbocycles. The van der Waals surface area contributed by atoms with Gasteiger partial charge < -0.3 is 5.11 Å². The number of aromatic amines is 1. The van der Waals surface area contributed by atoms with Crippen LogP contribution in [0.3, 0.4) is 0 Å². The molecule has 0 fully saturated rings. The lowest BCUT2D eigenvalue weighted by Gasteiger charge is -2.02. The second-order valence-electron chi connectivity index (χ2n) is 5.80. The fraction of sp³-hybridized carbons (Fsp3) is 0.118. The van der Waals surface area contributed by atoms with Crippen LogP contribution in [0.1, 0.15) is 21.6 Å². The van der Waals surface area contributed by atoms with Crippen LogP contribution < -0.4 is 5.56 Å². The summed E-state index contributed by atoms with van der Waals surface area (Å²) >= 11 is 0. The first-order valence-electron chi connectivity index (χ1n) is 7.81. The highest BCUT2D eigenvalue weighted by Gasteiger charge is 2.17. The molecule has 0 bridgehead atoms. The van der Waals surface area contributed by atoms with E-state index < -0.39 is 5.97 Å². The van der Waals surface area contributed by atoms with Crippen LogP contribution in [0.2, 0.25) is 0 Å². The van der Waals surface area contributed by atoms with Gasteiger partial charge in [-0.05, 0) is 5.56 Å². The van der Waals surface area contributed by atoms with E-state index in [0.717, 1.165) is 5.56 Å². The summed E-state index contributed by atoms with van der Waals surface area (Å²) in [7, 11) is 1.68. The van der Waals surface area contributed by atoms with Gasteiger partial charge in [-0.1, -0.05) is 30.3 Å². The van der Waals surface area contributed by atoms with Gasteiger partial charge in [0.1, 0.15) is 5.52 Å². The number of aromatic carboxylic acids is 1. The summed E-state index contributed by atoms with van der Waals surface area (Å²) in [5.41, 5.74) is 2.15. The van der Waals surface area contributed by atoms with Crippen molar-refractivity contribution in [3.05, 3.63) is 69.9 Å². The van der Waals surface area contributed by atoms with E-state index >= 15 is 0 Å². The third kappa shape index (κ3) is 2.65. The smallest absolute Gasteiger partial charge is 0.338 e. The van der Waals surface area contributed by atoms with E-state index in [2.05, 4.69) is 20.2 Å². The van der Waals surface area contributed by atoms with Crippen LogP contribution in [-0.4, -0.2) is 40.6 Å². The second kappa shape index (κ2) is 5.96. The summed E-state index contributed by atoms with van der Waals surface area (Å²) in [5, 5.41) is 17.4. The van der Waals surface area contributed by atoms with Crippen LogP contribution >= 0.6 is 0 Å². The number of hydrogen-bond acceptors (Lipinski definition) is 5. The van der Waals surface area contributed by atoms with Crippen LogP contribution in [0.5, 0.6) is 0 Å². The number of nitrogens with one attached hydrogen (secondary N) is 1. The average Bonchev–Trinajstić information content (AvgIpc) is 3.22. The first-order valence-corrected chi connectivity index (χ1v) is 7.81. The molecule has 4 rings (SSSR count). The molecule has 9 heteroatoms. The molecule has 0 atom stereocenters. The van der Waals surface area contributed by atoms with Crippen LogP contribution in [0.4, 0.5) is 0 Å². The normalized spacial score (nSPS) is 11.1. The standard InChI is InChI=1S/C17H14N6O3/c1-22-14-13(12(21-22)7-10-5-3-2-4-6-10)19-17(20-15(14)24)23-9-11(8-18-23)16(25)26/h2-6,8-9H,7H2,1H3,(H,25,26)(H,19,20,24). The van der Waals surface area contributed by atoms with E-state index in [0.29, 0.717) is 23.1 Å². The molecule has 26 heavy (non-hydrogen) atoms. The molecule has 2 N–H and O–H groups in total. The maximum Gasteiger partial charge on any atom is 0.338 e. The number of benzene rings is 1. The third-order valence-electron chi connectivity index (χ3n) is 4.01. The molecule has 1 aromatic carbocycles. The molecule has 4 aromatic rings. The van der Waals surface area contributed by atoms with Gasteiger partial charge in [0, 0.05) is 19.7 Å². The van der Waals surface area contributed by atoms with Gasteiger partial charge in [0.05, 0.1) is 17.5 Å². The van der Waals surface area contributed by atoms with Crippen LogP contribution in [-0.2, 0) is 13.5 Å². The predicted octanol–water partition coefficient (Wildman–Crippen LogP) is 1.13. The lowest BCUT2D eigenvalue weighted by atomic mass is 10.1. The highest BCUT2D eigenvalue weighted by atomic mass is 16.4. The number of nitrogens with zero attached hydrogens (tertiary/aromatic N) is 5. The number of fused-ring (bicyclic) bond motifs is 1. The second-order valence-corrected chi connectivity index (χ2v) is 5.80. The molecule has 0 aliphatic heterocycles. The Balaban J connectivity index is 1.85. The minimum atomic E-state index is -1.11. The van der Waals surface area contributed by atoms with Crippen molar-refractivity contribution in [2.45, 2.75) is 6.42 Å². The molecular weight excluding hydrogens is 336 g/mol. The van der Waals surface area contributed by atoms with E-state index in [-0.39, 0.29) is 17.1 Å². The van der Waals surface area contributed by atoms with Crippen molar-refractivity contribution in [2.75, 3.05) is 0 Å². The molecular formula is C17H14N6O3. The zero-order valence-electron chi connectivity index (χ0n) is 13.7. The Morgan fingerprint density at radius 1 is 1.27 bits per heavy atom. The first kappa shape index (κ1) is 15.8. The zero-order valence-corrected chi connectivity index (χ0v) is 13.7. The average molecular weight is 350 g/mol. The van der Waals surface area contributed by atoms with Crippen LogP contribution in [0.15, 0.2) is 47.5 Å². The molecule has 0 aliphatic rings. The van der Waals surface area contributed by atoms with Crippen molar-refractivity contribution in [3.8, 4) is 5.95 Å². The molecule has 0 saturated heterocycles. The topological polar surface area (TPSA) is 119 Å². The molecule has 3 heterocycles. The fourth-order valence-corrected chi connectivity index (χ4v) is 2.80. The molecule has 0 aliphatic carbocycles.